The minimum absolute atomic E-state index is 0.0184. The summed E-state index contributed by atoms with van der Waals surface area (Å²) >= 11 is 0. The second-order valence-corrected chi connectivity index (χ2v) is 5.34. The van der Waals surface area contributed by atoms with Crippen molar-refractivity contribution in [1.29, 1.82) is 0 Å². The predicted molar refractivity (Wildman–Crippen MR) is 79.2 cm³/mol. The molecule has 0 unspecified atom stereocenters. The van der Waals surface area contributed by atoms with Crippen molar-refractivity contribution >= 4 is 11.8 Å². The quantitative estimate of drug-likeness (QED) is 0.785. The van der Waals surface area contributed by atoms with Crippen molar-refractivity contribution < 1.29 is 9.90 Å². The third-order valence-corrected chi connectivity index (χ3v) is 3.46. The highest BCUT2D eigenvalue weighted by Gasteiger charge is 2.27. The molecule has 0 aliphatic carbocycles. The number of nitrogens with two attached hydrogens (primary N) is 1. The number of aromatic amines is 1. The maximum atomic E-state index is 12.0. The van der Waals surface area contributed by atoms with E-state index in [1.54, 1.807) is 0 Å². The minimum atomic E-state index is -1.12. The van der Waals surface area contributed by atoms with Crippen LogP contribution in [0.4, 0.5) is 5.82 Å². The summed E-state index contributed by atoms with van der Waals surface area (Å²) in [6.07, 6.45) is -0.444. The maximum absolute atomic E-state index is 12.0. The van der Waals surface area contributed by atoms with Crippen molar-refractivity contribution in [3.8, 4) is 0 Å². The SMILES string of the molecule is CC(C)(c1ccccc1)c1nc(N)c(CC(=O)O)c(=O)[nH]1. The monoisotopic (exact) mass is 287 g/mol. The van der Waals surface area contributed by atoms with Crippen LogP contribution in [0.15, 0.2) is 35.1 Å². The average Bonchev–Trinajstić information content (AvgIpc) is 2.43. The van der Waals surface area contributed by atoms with Gasteiger partial charge in [-0.3, -0.25) is 9.59 Å². The topological polar surface area (TPSA) is 109 Å². The molecule has 0 aliphatic heterocycles. The van der Waals surface area contributed by atoms with Crippen LogP contribution in [0.5, 0.6) is 0 Å². The number of rotatable bonds is 4. The first-order chi connectivity index (χ1) is 9.82. The molecule has 0 amide bonds. The molecular weight excluding hydrogens is 270 g/mol. The predicted octanol–water partition coefficient (Wildman–Crippen LogP) is 1.31. The number of aromatic nitrogens is 2. The molecule has 1 heterocycles. The van der Waals surface area contributed by atoms with Crippen molar-refractivity contribution in [3.63, 3.8) is 0 Å². The van der Waals surface area contributed by atoms with Crippen LogP contribution in [-0.2, 0) is 16.6 Å². The van der Waals surface area contributed by atoms with E-state index in [4.69, 9.17) is 10.8 Å². The molecule has 0 saturated heterocycles. The van der Waals surface area contributed by atoms with E-state index < -0.39 is 23.4 Å². The van der Waals surface area contributed by atoms with E-state index in [1.807, 2.05) is 44.2 Å². The summed E-state index contributed by atoms with van der Waals surface area (Å²) in [6, 6.07) is 9.57. The fourth-order valence-corrected chi connectivity index (χ4v) is 2.12. The zero-order chi connectivity index (χ0) is 15.6. The van der Waals surface area contributed by atoms with Gasteiger partial charge in [0.2, 0.25) is 0 Å². The second-order valence-electron chi connectivity index (χ2n) is 5.34. The summed E-state index contributed by atoms with van der Waals surface area (Å²) in [6.45, 7) is 3.83. The summed E-state index contributed by atoms with van der Waals surface area (Å²) in [5.74, 6) is -0.755. The summed E-state index contributed by atoms with van der Waals surface area (Å²) in [4.78, 5) is 29.6. The van der Waals surface area contributed by atoms with Crippen LogP contribution in [-0.4, -0.2) is 21.0 Å². The lowest BCUT2D eigenvalue weighted by Gasteiger charge is -2.24. The molecule has 0 spiro atoms. The van der Waals surface area contributed by atoms with Gasteiger partial charge in [-0.15, -0.1) is 0 Å². The smallest absolute Gasteiger partial charge is 0.308 e. The first-order valence-corrected chi connectivity index (χ1v) is 6.49. The van der Waals surface area contributed by atoms with Crippen molar-refractivity contribution in [2.24, 2.45) is 0 Å². The van der Waals surface area contributed by atoms with Gasteiger partial charge in [0.15, 0.2) is 0 Å². The lowest BCUT2D eigenvalue weighted by molar-refractivity contribution is -0.136. The molecule has 2 rings (SSSR count). The Kier molecular flexibility index (Phi) is 3.80. The number of nitrogens with one attached hydrogen (secondary N) is 1. The van der Waals surface area contributed by atoms with Crippen LogP contribution < -0.4 is 11.3 Å². The normalized spacial score (nSPS) is 11.3. The Balaban J connectivity index is 2.51. The lowest BCUT2D eigenvalue weighted by Crippen LogP contribution is -2.29. The van der Waals surface area contributed by atoms with Crippen LogP contribution in [0.2, 0.25) is 0 Å². The number of aliphatic carboxylic acids is 1. The number of hydrogen-bond donors (Lipinski definition) is 3. The second kappa shape index (κ2) is 5.40. The lowest BCUT2D eigenvalue weighted by atomic mass is 9.83. The van der Waals surface area contributed by atoms with Gasteiger partial charge >= 0.3 is 5.97 Å². The third-order valence-electron chi connectivity index (χ3n) is 3.46. The van der Waals surface area contributed by atoms with Crippen LogP contribution in [0, 0.1) is 0 Å². The van der Waals surface area contributed by atoms with Gasteiger partial charge in [-0.05, 0) is 19.4 Å². The van der Waals surface area contributed by atoms with Gasteiger partial charge in [-0.2, -0.15) is 0 Å². The van der Waals surface area contributed by atoms with E-state index >= 15 is 0 Å². The Morgan fingerprint density at radius 3 is 2.48 bits per heavy atom. The number of carboxylic acid groups (broad SMARTS) is 1. The molecule has 0 atom stereocenters. The fourth-order valence-electron chi connectivity index (χ4n) is 2.12. The van der Waals surface area contributed by atoms with E-state index in [-0.39, 0.29) is 11.4 Å². The molecule has 6 heteroatoms. The van der Waals surface area contributed by atoms with Gasteiger partial charge in [-0.1, -0.05) is 30.3 Å². The molecule has 4 N–H and O–H groups in total. The Hall–Kier alpha value is -2.63. The fraction of sp³-hybridized carbons (Fsp3) is 0.267. The molecule has 110 valence electrons. The zero-order valence-corrected chi connectivity index (χ0v) is 11.9. The number of hydrogen-bond acceptors (Lipinski definition) is 4. The van der Waals surface area contributed by atoms with E-state index in [0.717, 1.165) is 5.56 Å². The van der Waals surface area contributed by atoms with Crippen LogP contribution in [0.3, 0.4) is 0 Å². The number of carbonyl (C=O) groups is 1. The number of nitrogen functional groups attached to an aromatic ring is 1. The van der Waals surface area contributed by atoms with Gasteiger partial charge in [0.1, 0.15) is 11.6 Å². The van der Waals surface area contributed by atoms with Crippen molar-refractivity contribution in [2.45, 2.75) is 25.7 Å². The molecule has 1 aromatic heterocycles. The number of carboxylic acids is 1. The first kappa shape index (κ1) is 14.8. The molecule has 0 aliphatic rings. The molecule has 0 radical (unpaired) electrons. The maximum Gasteiger partial charge on any atom is 0.308 e. The van der Waals surface area contributed by atoms with Crippen molar-refractivity contribution in [2.75, 3.05) is 5.73 Å². The third kappa shape index (κ3) is 2.94. The van der Waals surface area contributed by atoms with Crippen LogP contribution in [0.25, 0.3) is 0 Å². The molecule has 0 bridgehead atoms. The average molecular weight is 287 g/mol. The Labute approximate surface area is 121 Å². The van der Waals surface area contributed by atoms with Gasteiger partial charge < -0.3 is 15.8 Å². The van der Waals surface area contributed by atoms with Gasteiger partial charge in [-0.25, -0.2) is 4.98 Å². The number of benzene rings is 1. The Bertz CT molecular complexity index is 721. The van der Waals surface area contributed by atoms with Gasteiger partial charge in [0, 0.05) is 5.41 Å². The zero-order valence-electron chi connectivity index (χ0n) is 11.9. The Morgan fingerprint density at radius 1 is 1.33 bits per heavy atom. The standard InChI is InChI=1S/C15H17N3O3/c1-15(2,9-6-4-3-5-7-9)14-17-12(16)10(8-11(19)20)13(21)18-14/h3-7H,8H2,1-2H3,(H,19,20)(H3,16,17,18,21). The first-order valence-electron chi connectivity index (χ1n) is 6.49. The summed E-state index contributed by atoms with van der Waals surface area (Å²) < 4.78 is 0. The van der Waals surface area contributed by atoms with Crippen LogP contribution in [0.1, 0.15) is 30.8 Å². The molecule has 1 aromatic carbocycles. The Morgan fingerprint density at radius 2 is 1.95 bits per heavy atom. The van der Waals surface area contributed by atoms with E-state index in [0.29, 0.717) is 5.82 Å². The van der Waals surface area contributed by atoms with E-state index in [1.165, 1.54) is 0 Å². The summed E-state index contributed by atoms with van der Waals surface area (Å²) in [5.41, 5.74) is 5.65. The molecule has 0 fully saturated rings. The number of anilines is 1. The summed E-state index contributed by atoms with van der Waals surface area (Å²) in [5, 5.41) is 8.79. The highest BCUT2D eigenvalue weighted by molar-refractivity contribution is 5.71. The molecule has 6 nitrogen and oxygen atoms in total. The molecule has 21 heavy (non-hydrogen) atoms. The molecule has 0 saturated carbocycles. The molecular formula is C15H17N3O3. The minimum Gasteiger partial charge on any atom is -0.481 e. The van der Waals surface area contributed by atoms with Gasteiger partial charge in [0.25, 0.3) is 5.56 Å². The van der Waals surface area contributed by atoms with Crippen LogP contribution >= 0.6 is 0 Å². The highest BCUT2D eigenvalue weighted by Crippen LogP contribution is 2.28. The largest absolute Gasteiger partial charge is 0.481 e. The molecule has 2 aromatic rings. The van der Waals surface area contributed by atoms with Gasteiger partial charge in [0.05, 0.1) is 12.0 Å². The highest BCUT2D eigenvalue weighted by atomic mass is 16.4. The number of H-pyrrole nitrogens is 1. The number of nitrogens with zero attached hydrogens (tertiary/aromatic N) is 1. The van der Waals surface area contributed by atoms with Crippen molar-refractivity contribution in [1.82, 2.24) is 9.97 Å². The van der Waals surface area contributed by atoms with E-state index in [9.17, 15) is 9.59 Å². The summed E-state index contributed by atoms with van der Waals surface area (Å²) in [7, 11) is 0. The van der Waals surface area contributed by atoms with E-state index in [2.05, 4.69) is 9.97 Å². The van der Waals surface area contributed by atoms with Crippen molar-refractivity contribution in [3.05, 3.63) is 57.6 Å².